The molecule has 0 heterocycles. The molecule has 0 aliphatic heterocycles. The highest BCUT2D eigenvalue weighted by Crippen LogP contribution is 2.44. The Hall–Kier alpha value is -3.77. The summed E-state index contributed by atoms with van der Waals surface area (Å²) in [4.78, 5) is 37.7. The van der Waals surface area contributed by atoms with Crippen LogP contribution in [0.2, 0.25) is 0 Å². The van der Waals surface area contributed by atoms with Crippen LogP contribution in [0, 0.1) is 0 Å². The van der Waals surface area contributed by atoms with Crippen molar-refractivity contribution in [3.63, 3.8) is 0 Å². The molecular formula is C20H18N4O8S. The van der Waals surface area contributed by atoms with Crippen LogP contribution >= 0.6 is 0 Å². The summed E-state index contributed by atoms with van der Waals surface area (Å²) >= 11 is 0. The summed E-state index contributed by atoms with van der Waals surface area (Å²) in [7, 11) is -3.89. The first-order valence-electron chi connectivity index (χ1n) is 9.39. The molecule has 2 aromatic carbocycles. The number of aliphatic hydroxyl groups excluding tert-OH is 1. The molecule has 172 valence electrons. The van der Waals surface area contributed by atoms with Gasteiger partial charge in [-0.15, -0.1) is 0 Å². The van der Waals surface area contributed by atoms with Crippen LogP contribution < -0.4 is 5.73 Å². The summed E-state index contributed by atoms with van der Waals surface area (Å²) in [6.45, 7) is -0.484. The summed E-state index contributed by atoms with van der Waals surface area (Å²) in [5.74, 6) is -0.740. The third kappa shape index (κ3) is 4.56. The van der Waals surface area contributed by atoms with E-state index in [0.717, 1.165) is 6.26 Å². The number of amides is 1. The molecule has 0 fully saturated rings. The molecule has 2 atom stereocenters. The Morgan fingerprint density at radius 3 is 2.33 bits per heavy atom. The maximum absolute atomic E-state index is 13.2. The Morgan fingerprint density at radius 2 is 1.82 bits per heavy atom. The number of carbonyl (C=O) groups excluding carboxylic acids is 2. The van der Waals surface area contributed by atoms with E-state index in [2.05, 4.69) is 15.8 Å². The minimum atomic E-state index is -3.89. The van der Waals surface area contributed by atoms with Crippen LogP contribution in [0.3, 0.4) is 0 Å². The van der Waals surface area contributed by atoms with Gasteiger partial charge in [-0.25, -0.2) is 4.79 Å². The van der Waals surface area contributed by atoms with Gasteiger partial charge >= 0.3 is 6.09 Å². The Labute approximate surface area is 187 Å². The lowest BCUT2D eigenvalue weighted by Gasteiger charge is -2.22. The molecule has 0 saturated carbocycles. The lowest BCUT2D eigenvalue weighted by molar-refractivity contribution is 0.0978. The van der Waals surface area contributed by atoms with Crippen molar-refractivity contribution in [1.29, 1.82) is 0 Å². The molecule has 0 radical (unpaired) electrons. The van der Waals surface area contributed by atoms with Gasteiger partial charge in [0.2, 0.25) is 0 Å². The highest BCUT2D eigenvalue weighted by atomic mass is 32.2. The van der Waals surface area contributed by atoms with E-state index in [4.69, 9.17) is 19.6 Å². The molecule has 0 spiro atoms. The second-order valence-electron chi connectivity index (χ2n) is 7.24. The molecule has 4 N–H and O–H groups in total. The van der Waals surface area contributed by atoms with Crippen molar-refractivity contribution >= 4 is 27.8 Å². The van der Waals surface area contributed by atoms with E-state index >= 15 is 0 Å². The highest BCUT2D eigenvalue weighted by Gasteiger charge is 2.42. The average molecular weight is 474 g/mol. The van der Waals surface area contributed by atoms with Crippen LogP contribution in [0.25, 0.3) is 10.4 Å². The van der Waals surface area contributed by atoms with E-state index in [1.165, 1.54) is 6.07 Å². The van der Waals surface area contributed by atoms with E-state index in [9.17, 15) is 23.1 Å². The van der Waals surface area contributed by atoms with Gasteiger partial charge in [0.25, 0.3) is 10.1 Å². The molecule has 33 heavy (non-hydrogen) atoms. The Morgan fingerprint density at radius 1 is 1.24 bits per heavy atom. The fraction of sp³-hybridized carbons (Fsp3) is 0.250. The van der Waals surface area contributed by atoms with E-state index in [1.807, 2.05) is 0 Å². The van der Waals surface area contributed by atoms with Gasteiger partial charge in [0.1, 0.15) is 0 Å². The number of primary amides is 1. The number of ketones is 2. The van der Waals surface area contributed by atoms with Crippen LogP contribution in [0.15, 0.2) is 35.4 Å². The van der Waals surface area contributed by atoms with Gasteiger partial charge < -0.3 is 15.9 Å². The zero-order valence-corrected chi connectivity index (χ0v) is 17.9. The first kappa shape index (κ1) is 23.9. The number of fused-ring (bicyclic) bond motifs is 4. The predicted octanol–water partition coefficient (Wildman–Crippen LogP) is 1.83. The molecule has 0 aromatic heterocycles. The van der Waals surface area contributed by atoms with E-state index in [0.29, 0.717) is 11.1 Å². The van der Waals surface area contributed by atoms with Gasteiger partial charge in [-0.05, 0) is 28.3 Å². The predicted molar refractivity (Wildman–Crippen MR) is 113 cm³/mol. The molecule has 2 aromatic rings. The summed E-state index contributed by atoms with van der Waals surface area (Å²) in [6, 6.07) is 6.76. The third-order valence-electron chi connectivity index (χ3n) is 5.15. The molecule has 2 aliphatic carbocycles. The van der Waals surface area contributed by atoms with Gasteiger partial charge in [0, 0.05) is 33.6 Å². The first-order chi connectivity index (χ1) is 15.5. The van der Waals surface area contributed by atoms with Gasteiger partial charge in [-0.3, -0.25) is 13.8 Å². The van der Waals surface area contributed by atoms with Crippen LogP contribution in [-0.4, -0.2) is 48.7 Å². The van der Waals surface area contributed by atoms with Crippen molar-refractivity contribution in [2.45, 2.75) is 25.2 Å². The van der Waals surface area contributed by atoms with Crippen LogP contribution in [0.5, 0.6) is 0 Å². The van der Waals surface area contributed by atoms with Crippen LogP contribution in [-0.2, 0) is 27.3 Å². The van der Waals surface area contributed by atoms with Gasteiger partial charge in [-0.2, -0.15) is 8.42 Å². The molecule has 0 saturated heterocycles. The minimum Gasteiger partial charge on any atom is -0.465 e. The quantitative estimate of drug-likeness (QED) is 0.219. The van der Waals surface area contributed by atoms with Crippen molar-refractivity contribution in [1.82, 2.24) is 0 Å². The summed E-state index contributed by atoms with van der Waals surface area (Å²) in [5, 5.41) is 20.7. The first-order valence-corrected chi connectivity index (χ1v) is 11.2. The number of benzene rings is 2. The van der Waals surface area contributed by atoms with E-state index in [1.54, 1.807) is 24.3 Å². The largest absolute Gasteiger partial charge is 0.465 e. The van der Waals surface area contributed by atoms with Gasteiger partial charge in [0.05, 0.1) is 25.0 Å². The lowest BCUT2D eigenvalue weighted by atomic mass is 9.79. The van der Waals surface area contributed by atoms with Crippen molar-refractivity contribution in [2.24, 2.45) is 10.8 Å². The number of carboxylic acid groups (broad SMARTS) is 1. The standard InChI is InChI=1S/C19H15N3O6S.CH3NO2/c1-29(26,27)28-14-7-12-15(17(14)21-22-20)9(8-23)6-13-16(12)19(25)11-5-3-2-4-10(11)18(13)24;2-1(3)4/h2-6,14,17,23H,7-8H2,1H3;2H2,(H,3,4). The summed E-state index contributed by atoms with van der Waals surface area (Å²) in [6.07, 6.45) is -1.59. The molecule has 2 aliphatic rings. The normalized spacial score (nSPS) is 18.2. The van der Waals surface area contributed by atoms with Crippen molar-refractivity contribution < 1.29 is 37.2 Å². The third-order valence-corrected chi connectivity index (χ3v) is 5.74. The van der Waals surface area contributed by atoms with Crippen LogP contribution in [0.4, 0.5) is 4.79 Å². The molecule has 13 heteroatoms. The van der Waals surface area contributed by atoms with Crippen molar-refractivity contribution in [3.05, 3.63) is 79.7 Å². The van der Waals surface area contributed by atoms with Gasteiger partial charge in [0.15, 0.2) is 11.6 Å². The molecule has 12 nitrogen and oxygen atoms in total. The number of carbonyl (C=O) groups is 3. The lowest BCUT2D eigenvalue weighted by Crippen LogP contribution is -2.23. The van der Waals surface area contributed by atoms with Crippen molar-refractivity contribution in [2.75, 3.05) is 6.26 Å². The zero-order valence-electron chi connectivity index (χ0n) is 17.1. The Kier molecular flexibility index (Phi) is 6.51. The Bertz CT molecular complexity index is 1330. The monoisotopic (exact) mass is 474 g/mol. The van der Waals surface area contributed by atoms with E-state index in [-0.39, 0.29) is 45.8 Å². The SMILES string of the molecule is CS(=O)(=O)OC1Cc2c3c(cc(CO)c2C1N=[N+]=[N-])C(=O)c1ccccc1C3=O.NC(=O)O. The second kappa shape index (κ2) is 9.00. The van der Waals surface area contributed by atoms with Crippen molar-refractivity contribution in [3.8, 4) is 0 Å². The topological polar surface area (TPSA) is 210 Å². The number of azide groups is 1. The number of nitrogens with two attached hydrogens (primary N) is 1. The second-order valence-corrected chi connectivity index (χ2v) is 8.84. The molecule has 1 amide bonds. The number of nitrogens with zero attached hydrogens (tertiary/aromatic N) is 3. The fourth-order valence-electron chi connectivity index (χ4n) is 4.12. The van der Waals surface area contributed by atoms with Crippen LogP contribution in [0.1, 0.15) is 54.6 Å². The smallest absolute Gasteiger partial charge is 0.402 e. The molecule has 4 rings (SSSR count). The fourth-order valence-corrected chi connectivity index (χ4v) is 4.74. The van der Waals surface area contributed by atoms with Gasteiger partial charge in [-0.1, -0.05) is 29.4 Å². The number of aliphatic hydroxyl groups is 1. The molecule has 0 bridgehead atoms. The Balaban J connectivity index is 0.000000709. The summed E-state index contributed by atoms with van der Waals surface area (Å²) in [5.41, 5.74) is 14.8. The highest BCUT2D eigenvalue weighted by molar-refractivity contribution is 7.86. The minimum absolute atomic E-state index is 0.0521. The number of hydrogen-bond donors (Lipinski definition) is 3. The maximum atomic E-state index is 13.2. The number of rotatable bonds is 4. The van der Waals surface area contributed by atoms with E-state index < -0.39 is 35.0 Å². The summed E-state index contributed by atoms with van der Waals surface area (Å²) < 4.78 is 28.5. The molecular weight excluding hydrogens is 456 g/mol. The number of hydrogen-bond acceptors (Lipinski definition) is 8. The zero-order chi connectivity index (χ0) is 24.5. The maximum Gasteiger partial charge on any atom is 0.402 e. The average Bonchev–Trinajstić information content (AvgIpc) is 3.07. The molecule has 2 unspecified atom stereocenters.